The van der Waals surface area contributed by atoms with Crippen molar-refractivity contribution in [3.8, 4) is 17.2 Å². The second-order valence-corrected chi connectivity index (χ2v) is 4.73. The predicted molar refractivity (Wildman–Crippen MR) is 76.3 cm³/mol. The number of pyridine rings is 1. The fourth-order valence-electron chi connectivity index (χ4n) is 2.20. The first-order chi connectivity index (χ1) is 10.7. The highest BCUT2D eigenvalue weighted by molar-refractivity contribution is 5.72. The van der Waals surface area contributed by atoms with E-state index in [4.69, 9.17) is 5.26 Å². The molecule has 0 radical (unpaired) electrons. The third-order valence-corrected chi connectivity index (χ3v) is 3.38. The maximum atomic E-state index is 14.1. The molecular weight excluding hydrogens is 314 g/mol. The Hall–Kier alpha value is -2.82. The minimum absolute atomic E-state index is 0.0254. The molecule has 4 nitrogen and oxygen atoms in total. The van der Waals surface area contributed by atoms with Crippen LogP contribution in [0.2, 0.25) is 0 Å². The number of aromatic nitrogens is 1. The third-order valence-electron chi connectivity index (χ3n) is 3.38. The number of nitrogens with zero attached hydrogens (tertiary/aromatic N) is 2. The number of anilines is 1. The minimum Gasteiger partial charge on any atom is -0.387 e. The van der Waals surface area contributed by atoms with Gasteiger partial charge < -0.3 is 9.88 Å². The Kier molecular flexibility index (Phi) is 4.14. The van der Waals surface area contributed by atoms with E-state index >= 15 is 0 Å². The number of nitrogens with one attached hydrogen (secondary N) is 1. The second kappa shape index (κ2) is 5.76. The number of hydrogen-bond acceptors (Lipinski definition) is 3. The summed E-state index contributed by atoms with van der Waals surface area (Å²) in [6.45, 7) is 0. The number of benzene rings is 1. The standard InChI is InChI=1S/C15H11F4N3O/c1-21-12-6-10(11(16)5-8(12)7-20)9-3-4-13(15(17,18)19)22(2)14(9)23/h3-6,21H,1-2H3. The summed E-state index contributed by atoms with van der Waals surface area (Å²) in [7, 11) is 2.47. The topological polar surface area (TPSA) is 57.8 Å². The molecule has 1 aromatic carbocycles. The number of halogens is 4. The Morgan fingerprint density at radius 2 is 1.87 bits per heavy atom. The summed E-state index contributed by atoms with van der Waals surface area (Å²) in [5.74, 6) is -0.864. The molecule has 0 atom stereocenters. The number of nitriles is 1. The average molecular weight is 325 g/mol. The van der Waals surface area contributed by atoms with Crippen LogP contribution in [-0.4, -0.2) is 11.6 Å². The van der Waals surface area contributed by atoms with E-state index in [9.17, 15) is 22.4 Å². The van der Waals surface area contributed by atoms with Crippen molar-refractivity contribution in [2.24, 2.45) is 7.05 Å². The highest BCUT2D eigenvalue weighted by atomic mass is 19.4. The van der Waals surface area contributed by atoms with Gasteiger partial charge in [0.2, 0.25) is 0 Å². The molecule has 23 heavy (non-hydrogen) atoms. The van der Waals surface area contributed by atoms with Gasteiger partial charge in [-0.25, -0.2) is 4.39 Å². The molecule has 8 heteroatoms. The highest BCUT2D eigenvalue weighted by Gasteiger charge is 2.34. The fourth-order valence-corrected chi connectivity index (χ4v) is 2.20. The summed E-state index contributed by atoms with van der Waals surface area (Å²) in [4.78, 5) is 12.2. The number of alkyl halides is 3. The molecule has 1 heterocycles. The van der Waals surface area contributed by atoms with E-state index in [1.165, 1.54) is 13.1 Å². The summed E-state index contributed by atoms with van der Waals surface area (Å²) < 4.78 is 52.9. The maximum Gasteiger partial charge on any atom is 0.431 e. The molecule has 0 unspecified atom stereocenters. The molecule has 0 saturated heterocycles. The van der Waals surface area contributed by atoms with Crippen molar-refractivity contribution in [2.45, 2.75) is 6.18 Å². The molecule has 0 saturated carbocycles. The van der Waals surface area contributed by atoms with Crippen LogP contribution in [0.4, 0.5) is 23.2 Å². The van der Waals surface area contributed by atoms with Crippen molar-refractivity contribution in [3.63, 3.8) is 0 Å². The first kappa shape index (κ1) is 16.5. The molecule has 0 aliphatic rings. The zero-order valence-electron chi connectivity index (χ0n) is 12.1. The van der Waals surface area contributed by atoms with Gasteiger partial charge in [-0.3, -0.25) is 4.79 Å². The van der Waals surface area contributed by atoms with Crippen LogP contribution in [0, 0.1) is 17.1 Å². The molecule has 0 amide bonds. The van der Waals surface area contributed by atoms with Crippen molar-refractivity contribution in [3.05, 3.63) is 51.7 Å². The zero-order valence-corrected chi connectivity index (χ0v) is 12.1. The second-order valence-electron chi connectivity index (χ2n) is 4.73. The molecule has 1 aromatic heterocycles. The van der Waals surface area contributed by atoms with E-state index in [0.29, 0.717) is 10.6 Å². The lowest BCUT2D eigenvalue weighted by Crippen LogP contribution is -2.26. The van der Waals surface area contributed by atoms with Crippen LogP contribution in [0.1, 0.15) is 11.3 Å². The summed E-state index contributed by atoms with van der Waals surface area (Å²) in [6, 6.07) is 5.58. The Labute approximate surface area is 128 Å². The molecule has 1 N–H and O–H groups in total. The molecule has 2 rings (SSSR count). The smallest absolute Gasteiger partial charge is 0.387 e. The van der Waals surface area contributed by atoms with Gasteiger partial charge in [0.05, 0.1) is 16.8 Å². The quantitative estimate of drug-likeness (QED) is 0.863. The first-order valence-electron chi connectivity index (χ1n) is 6.39. The molecule has 120 valence electrons. The highest BCUT2D eigenvalue weighted by Crippen LogP contribution is 2.31. The van der Waals surface area contributed by atoms with Crippen molar-refractivity contribution >= 4 is 5.69 Å². The summed E-state index contributed by atoms with van der Waals surface area (Å²) >= 11 is 0. The van der Waals surface area contributed by atoms with Gasteiger partial charge in [0.15, 0.2) is 0 Å². The van der Waals surface area contributed by atoms with Gasteiger partial charge in [-0.2, -0.15) is 18.4 Å². The van der Waals surface area contributed by atoms with Gasteiger partial charge in [0.1, 0.15) is 17.6 Å². The average Bonchev–Trinajstić information content (AvgIpc) is 2.48. The van der Waals surface area contributed by atoms with Crippen LogP contribution < -0.4 is 10.9 Å². The SMILES string of the molecule is CNc1cc(-c2ccc(C(F)(F)F)n(C)c2=O)c(F)cc1C#N. The lowest BCUT2D eigenvalue weighted by Gasteiger charge is -2.14. The molecule has 0 aliphatic heterocycles. The van der Waals surface area contributed by atoms with E-state index in [1.54, 1.807) is 6.07 Å². The van der Waals surface area contributed by atoms with Gasteiger partial charge in [-0.05, 0) is 24.3 Å². The molecular formula is C15H11F4N3O. The minimum atomic E-state index is -4.69. The lowest BCUT2D eigenvalue weighted by atomic mass is 10.0. The fraction of sp³-hybridized carbons (Fsp3) is 0.200. The largest absolute Gasteiger partial charge is 0.431 e. The monoisotopic (exact) mass is 325 g/mol. The van der Waals surface area contributed by atoms with Crippen LogP contribution in [0.15, 0.2) is 29.1 Å². The Bertz CT molecular complexity index is 863. The van der Waals surface area contributed by atoms with Crippen LogP contribution in [-0.2, 0) is 13.2 Å². The van der Waals surface area contributed by atoms with Gasteiger partial charge >= 0.3 is 6.18 Å². The number of rotatable bonds is 2. The van der Waals surface area contributed by atoms with Crippen LogP contribution in [0.5, 0.6) is 0 Å². The summed E-state index contributed by atoms with van der Waals surface area (Å²) in [5.41, 5.74) is -2.22. The molecule has 2 aromatic rings. The van der Waals surface area contributed by atoms with Crippen LogP contribution in [0.25, 0.3) is 11.1 Å². The molecule has 0 spiro atoms. The van der Waals surface area contributed by atoms with Crippen molar-refractivity contribution in [1.29, 1.82) is 5.26 Å². The van der Waals surface area contributed by atoms with Crippen molar-refractivity contribution in [2.75, 3.05) is 12.4 Å². The van der Waals surface area contributed by atoms with Crippen LogP contribution in [0.3, 0.4) is 0 Å². The van der Waals surface area contributed by atoms with Crippen molar-refractivity contribution < 1.29 is 17.6 Å². The first-order valence-corrected chi connectivity index (χ1v) is 6.39. The number of hydrogen-bond donors (Lipinski definition) is 1. The maximum absolute atomic E-state index is 14.1. The lowest BCUT2D eigenvalue weighted by molar-refractivity contribution is -0.143. The van der Waals surface area contributed by atoms with Gasteiger partial charge in [0.25, 0.3) is 5.56 Å². The Balaban J connectivity index is 2.72. The van der Waals surface area contributed by atoms with Gasteiger partial charge in [-0.1, -0.05) is 0 Å². The van der Waals surface area contributed by atoms with Gasteiger partial charge in [-0.15, -0.1) is 0 Å². The Morgan fingerprint density at radius 3 is 2.39 bits per heavy atom. The molecule has 0 bridgehead atoms. The summed E-state index contributed by atoms with van der Waals surface area (Å²) in [6.07, 6.45) is -4.69. The molecule has 0 aliphatic carbocycles. The summed E-state index contributed by atoms with van der Waals surface area (Å²) in [5, 5.41) is 11.6. The normalized spacial score (nSPS) is 11.2. The van der Waals surface area contributed by atoms with E-state index < -0.39 is 23.2 Å². The third kappa shape index (κ3) is 2.90. The van der Waals surface area contributed by atoms with Gasteiger partial charge in [0, 0.05) is 19.7 Å². The van der Waals surface area contributed by atoms with E-state index in [-0.39, 0.29) is 22.4 Å². The van der Waals surface area contributed by atoms with E-state index in [1.807, 2.05) is 0 Å². The Morgan fingerprint density at radius 1 is 1.22 bits per heavy atom. The predicted octanol–water partition coefficient (Wildman–Crippen LogP) is 3.12. The molecule has 0 fully saturated rings. The van der Waals surface area contributed by atoms with Crippen molar-refractivity contribution in [1.82, 2.24) is 4.57 Å². The van der Waals surface area contributed by atoms with Crippen LogP contribution >= 0.6 is 0 Å². The van der Waals surface area contributed by atoms with E-state index in [2.05, 4.69) is 5.32 Å². The van der Waals surface area contributed by atoms with E-state index in [0.717, 1.165) is 19.2 Å². The zero-order chi connectivity index (χ0) is 17.4.